The number of nitrogens with zero attached hydrogens (tertiary/aromatic N) is 3. The van der Waals surface area contributed by atoms with E-state index in [-0.39, 0.29) is 34.9 Å². The Morgan fingerprint density at radius 2 is 1.84 bits per heavy atom. The van der Waals surface area contributed by atoms with Crippen molar-refractivity contribution in [3.8, 4) is 17.0 Å². The van der Waals surface area contributed by atoms with Gasteiger partial charge in [0.15, 0.2) is 5.69 Å². The minimum absolute atomic E-state index is 0.0280. The molecule has 4 aromatic rings. The lowest BCUT2D eigenvalue weighted by Gasteiger charge is -2.32. The summed E-state index contributed by atoms with van der Waals surface area (Å²) in [4.78, 5) is 18.3. The summed E-state index contributed by atoms with van der Waals surface area (Å²) >= 11 is 0. The lowest BCUT2D eigenvalue weighted by Crippen LogP contribution is -2.33. The van der Waals surface area contributed by atoms with Gasteiger partial charge in [0.05, 0.1) is 24.3 Å². The molecule has 1 aliphatic carbocycles. The van der Waals surface area contributed by atoms with Crippen LogP contribution in [0.1, 0.15) is 65.4 Å². The van der Waals surface area contributed by atoms with Gasteiger partial charge in [-0.25, -0.2) is 9.78 Å². The number of rotatable bonds is 8. The van der Waals surface area contributed by atoms with Crippen molar-refractivity contribution in [3.63, 3.8) is 0 Å². The Hall–Kier alpha value is -4.38. The fraction of sp³-hybridized carbons (Fsp3) is 0.382. The van der Waals surface area contributed by atoms with Crippen LogP contribution in [0.2, 0.25) is 0 Å². The van der Waals surface area contributed by atoms with Gasteiger partial charge in [-0.3, -0.25) is 0 Å². The Morgan fingerprint density at radius 1 is 1.04 bits per heavy atom. The molecular weight excluding hydrogens is 587 g/mol. The predicted molar refractivity (Wildman–Crippen MR) is 161 cm³/mol. The van der Waals surface area contributed by atoms with Gasteiger partial charge in [0, 0.05) is 53.7 Å². The molecule has 3 fully saturated rings. The van der Waals surface area contributed by atoms with Crippen LogP contribution in [0.15, 0.2) is 59.1 Å². The quantitative estimate of drug-likeness (QED) is 0.216. The number of hydrogen-bond donors (Lipinski definition) is 1. The van der Waals surface area contributed by atoms with Crippen molar-refractivity contribution in [3.05, 3.63) is 77.2 Å². The van der Waals surface area contributed by atoms with E-state index in [2.05, 4.69) is 21.1 Å². The van der Waals surface area contributed by atoms with Gasteiger partial charge < -0.3 is 24.0 Å². The summed E-state index contributed by atoms with van der Waals surface area (Å²) in [6.07, 6.45) is 3.67. The normalized spacial score (nSPS) is 19.5. The fourth-order valence-electron chi connectivity index (χ4n) is 6.20. The van der Waals surface area contributed by atoms with Gasteiger partial charge in [-0.15, -0.1) is 0 Å². The molecule has 0 radical (unpaired) electrons. The molecule has 0 spiro atoms. The number of benzene rings is 2. The lowest BCUT2D eigenvalue weighted by molar-refractivity contribution is -0.137. The summed E-state index contributed by atoms with van der Waals surface area (Å²) in [7, 11) is 0. The van der Waals surface area contributed by atoms with Crippen LogP contribution in [0.25, 0.3) is 28.2 Å². The van der Waals surface area contributed by atoms with E-state index in [9.17, 15) is 23.1 Å². The number of hydrogen-bond acceptors (Lipinski definition) is 7. The van der Waals surface area contributed by atoms with E-state index in [1.807, 2.05) is 24.3 Å². The zero-order valence-electron chi connectivity index (χ0n) is 24.4. The maximum Gasteiger partial charge on any atom is 0.417 e. The number of anilines is 1. The molecule has 1 saturated carbocycles. The number of halogens is 3. The van der Waals surface area contributed by atoms with Crippen molar-refractivity contribution in [2.75, 3.05) is 31.2 Å². The first kappa shape index (κ1) is 29.3. The van der Waals surface area contributed by atoms with Crippen molar-refractivity contribution < 1.29 is 37.1 Å². The van der Waals surface area contributed by atoms with Crippen LogP contribution in [-0.4, -0.2) is 53.6 Å². The van der Waals surface area contributed by atoms with Crippen molar-refractivity contribution in [1.29, 1.82) is 0 Å². The second kappa shape index (κ2) is 11.8. The molecule has 7 rings (SSSR count). The van der Waals surface area contributed by atoms with Gasteiger partial charge >= 0.3 is 12.1 Å². The fourth-order valence-corrected chi connectivity index (χ4v) is 6.20. The molecule has 2 saturated heterocycles. The number of fused-ring (bicyclic) bond motifs is 1. The number of carbonyl (C=O) groups is 1. The molecule has 45 heavy (non-hydrogen) atoms. The number of aromatic carboxylic acids is 1. The van der Waals surface area contributed by atoms with Crippen LogP contribution < -0.4 is 9.64 Å². The Morgan fingerprint density at radius 3 is 2.56 bits per heavy atom. The second-order valence-electron chi connectivity index (χ2n) is 11.9. The van der Waals surface area contributed by atoms with Gasteiger partial charge in [0.1, 0.15) is 23.3 Å². The molecule has 0 unspecified atom stereocenters. The first-order chi connectivity index (χ1) is 21.7. The number of aromatic nitrogens is 2. The Balaban J connectivity index is 1.10. The van der Waals surface area contributed by atoms with E-state index in [0.29, 0.717) is 35.8 Å². The summed E-state index contributed by atoms with van der Waals surface area (Å²) in [5, 5.41) is 14.4. The molecule has 2 aromatic carbocycles. The zero-order valence-corrected chi connectivity index (χ0v) is 24.4. The van der Waals surface area contributed by atoms with Crippen molar-refractivity contribution >= 4 is 28.6 Å². The summed E-state index contributed by atoms with van der Waals surface area (Å²) < 4.78 is 58.7. The lowest BCUT2D eigenvalue weighted by atomic mass is 9.93. The van der Waals surface area contributed by atoms with Crippen molar-refractivity contribution in [2.24, 2.45) is 5.92 Å². The smallest absolute Gasteiger partial charge is 0.417 e. The minimum Gasteiger partial charge on any atom is -0.487 e. The average Bonchev–Trinajstić information content (AvgIpc) is 3.58. The largest absolute Gasteiger partial charge is 0.487 e. The maximum atomic E-state index is 13.8. The molecule has 0 amide bonds. The highest BCUT2D eigenvalue weighted by Crippen LogP contribution is 2.46. The summed E-state index contributed by atoms with van der Waals surface area (Å²) in [5.41, 5.74) is 1.64. The summed E-state index contributed by atoms with van der Waals surface area (Å²) in [6.45, 7) is 2.61. The Labute approximate surface area is 257 Å². The van der Waals surface area contributed by atoms with E-state index < -0.39 is 17.7 Å². The average molecular weight is 620 g/mol. The molecule has 2 aliphatic heterocycles. The molecule has 1 atom stereocenters. The Bertz CT molecular complexity index is 1750. The van der Waals surface area contributed by atoms with Crippen LogP contribution in [0, 0.1) is 5.92 Å². The van der Waals surface area contributed by atoms with E-state index in [4.69, 9.17) is 14.0 Å². The van der Waals surface area contributed by atoms with Crippen molar-refractivity contribution in [2.45, 2.75) is 50.3 Å². The molecule has 0 bridgehead atoms. The summed E-state index contributed by atoms with van der Waals surface area (Å²) in [5.74, 6) is 0.449. The molecule has 2 aromatic heterocycles. The van der Waals surface area contributed by atoms with Crippen LogP contribution in [0.3, 0.4) is 0 Å². The van der Waals surface area contributed by atoms with Crippen molar-refractivity contribution in [1.82, 2.24) is 10.1 Å². The van der Waals surface area contributed by atoms with E-state index >= 15 is 0 Å². The third-order valence-electron chi connectivity index (χ3n) is 8.79. The minimum atomic E-state index is -4.50. The molecule has 4 heterocycles. The summed E-state index contributed by atoms with van der Waals surface area (Å²) in [6, 6.07) is 12.8. The standard InChI is InChI=1S/C34H32F3N3O5/c35-34(36,37)27-4-2-1-3-24(27)31-25(32(45-39-31)21-6-7-21)9-5-20-11-14-40(15-12-20)22-8-10-28-26(17-22)30(18-29(38-28)33(41)42)44-23-13-16-43-19-23/h1-5,8-10,17-18,20-21,23H,6-7,11-16,19H2,(H,41,42)/b9-5+/t23-/m0/s1. The predicted octanol–water partition coefficient (Wildman–Crippen LogP) is 7.58. The SMILES string of the molecule is O=C(O)c1cc(O[C@H]2CCOC2)c2cc(N3CCC(/C=C/c4c(-c5ccccc5C(F)(F)F)noc4C4CC4)CC3)ccc2n1. The van der Waals surface area contributed by atoms with Crippen LogP contribution in [-0.2, 0) is 10.9 Å². The van der Waals surface area contributed by atoms with Crippen LogP contribution in [0.4, 0.5) is 18.9 Å². The topological polar surface area (TPSA) is 97.9 Å². The first-order valence-electron chi connectivity index (χ1n) is 15.3. The monoisotopic (exact) mass is 619 g/mol. The van der Waals surface area contributed by atoms with E-state index in [1.54, 1.807) is 6.07 Å². The van der Waals surface area contributed by atoms with Gasteiger partial charge in [0.25, 0.3) is 0 Å². The molecule has 3 aliphatic rings. The van der Waals surface area contributed by atoms with E-state index in [0.717, 1.165) is 62.3 Å². The highest BCUT2D eigenvalue weighted by Gasteiger charge is 2.37. The molecular formula is C34H32F3N3O5. The second-order valence-corrected chi connectivity index (χ2v) is 11.9. The molecule has 11 heteroatoms. The number of carboxylic acids is 1. The molecule has 234 valence electrons. The van der Waals surface area contributed by atoms with E-state index in [1.165, 1.54) is 18.2 Å². The zero-order chi connectivity index (χ0) is 31.1. The van der Waals surface area contributed by atoms with Gasteiger partial charge in [0.2, 0.25) is 0 Å². The Kier molecular flexibility index (Phi) is 7.72. The van der Waals surface area contributed by atoms with Crippen LogP contribution in [0.5, 0.6) is 5.75 Å². The van der Waals surface area contributed by atoms with Gasteiger partial charge in [-0.2, -0.15) is 13.2 Å². The number of piperidine rings is 1. The number of alkyl halides is 3. The first-order valence-corrected chi connectivity index (χ1v) is 15.3. The van der Waals surface area contributed by atoms with Gasteiger partial charge in [-0.1, -0.05) is 35.5 Å². The third-order valence-corrected chi connectivity index (χ3v) is 8.79. The highest BCUT2D eigenvalue weighted by atomic mass is 19.4. The third kappa shape index (κ3) is 6.13. The number of allylic oxidation sites excluding steroid dienone is 1. The van der Waals surface area contributed by atoms with Gasteiger partial charge in [-0.05, 0) is 55.9 Å². The number of pyridine rings is 1. The number of ether oxygens (including phenoxy) is 2. The maximum absolute atomic E-state index is 13.8. The van der Waals surface area contributed by atoms with Crippen LogP contribution >= 0.6 is 0 Å². The molecule has 8 nitrogen and oxygen atoms in total. The molecule has 1 N–H and O–H groups in total. The number of carboxylic acid groups (broad SMARTS) is 1. The highest BCUT2D eigenvalue weighted by molar-refractivity contribution is 5.94.